The number of pyridine rings is 1. The van der Waals surface area contributed by atoms with Gasteiger partial charge >= 0.3 is 0 Å². The number of nitrogens with zero attached hydrogens (tertiary/aromatic N) is 1. The molecule has 1 aliphatic rings. The van der Waals surface area contributed by atoms with Gasteiger partial charge in [0.2, 0.25) is 0 Å². The normalized spacial score (nSPS) is 13.9. The highest BCUT2D eigenvalue weighted by atomic mass is 16.5. The summed E-state index contributed by atoms with van der Waals surface area (Å²) < 4.78 is 5.34. The topological polar surface area (TPSA) is 22.1 Å². The van der Waals surface area contributed by atoms with Gasteiger partial charge < -0.3 is 4.74 Å². The fourth-order valence-electron chi connectivity index (χ4n) is 1.81. The van der Waals surface area contributed by atoms with Crippen molar-refractivity contribution in [1.82, 2.24) is 4.98 Å². The van der Waals surface area contributed by atoms with E-state index in [9.17, 15) is 0 Å². The van der Waals surface area contributed by atoms with Crippen molar-refractivity contribution in [3.05, 3.63) is 53.7 Å². The summed E-state index contributed by atoms with van der Waals surface area (Å²) in [7, 11) is 0. The number of hydrogen-bond acceptors (Lipinski definition) is 2. The minimum absolute atomic E-state index is 0.649. The second-order valence-corrected chi connectivity index (χ2v) is 3.66. The van der Waals surface area contributed by atoms with Crippen LogP contribution in [0.5, 0.6) is 0 Å². The van der Waals surface area contributed by atoms with E-state index in [4.69, 9.17) is 4.74 Å². The SMILES string of the molecule is c1ccc(-c2ccc3c(n2)COC3)cc1. The smallest absolute Gasteiger partial charge is 0.0896 e. The lowest BCUT2D eigenvalue weighted by Gasteiger charge is -2.02. The molecule has 1 aliphatic heterocycles. The van der Waals surface area contributed by atoms with Gasteiger partial charge in [-0.15, -0.1) is 0 Å². The van der Waals surface area contributed by atoms with Crippen LogP contribution in [0.1, 0.15) is 11.3 Å². The van der Waals surface area contributed by atoms with Gasteiger partial charge in [-0.1, -0.05) is 36.4 Å². The van der Waals surface area contributed by atoms with Gasteiger partial charge in [0.15, 0.2) is 0 Å². The van der Waals surface area contributed by atoms with Crippen LogP contribution in [0.2, 0.25) is 0 Å². The van der Waals surface area contributed by atoms with E-state index < -0.39 is 0 Å². The Labute approximate surface area is 88.5 Å². The lowest BCUT2D eigenvalue weighted by molar-refractivity contribution is 0.133. The summed E-state index contributed by atoms with van der Waals surface area (Å²) in [6.07, 6.45) is 0. The summed E-state index contributed by atoms with van der Waals surface area (Å²) in [6.45, 7) is 1.35. The predicted molar refractivity (Wildman–Crippen MR) is 58.2 cm³/mol. The lowest BCUT2D eigenvalue weighted by Crippen LogP contribution is -1.90. The van der Waals surface area contributed by atoms with Crippen LogP contribution in [-0.2, 0) is 18.0 Å². The minimum atomic E-state index is 0.649. The monoisotopic (exact) mass is 197 g/mol. The molecule has 0 atom stereocenters. The van der Waals surface area contributed by atoms with E-state index in [2.05, 4.69) is 29.2 Å². The first-order valence-corrected chi connectivity index (χ1v) is 5.05. The Morgan fingerprint density at radius 2 is 1.80 bits per heavy atom. The van der Waals surface area contributed by atoms with Gasteiger partial charge in [0.05, 0.1) is 24.6 Å². The molecule has 0 N–H and O–H groups in total. The zero-order valence-electron chi connectivity index (χ0n) is 8.31. The van der Waals surface area contributed by atoms with Gasteiger partial charge in [-0.25, -0.2) is 4.98 Å². The van der Waals surface area contributed by atoms with Crippen molar-refractivity contribution in [2.45, 2.75) is 13.2 Å². The second kappa shape index (κ2) is 3.48. The third-order valence-electron chi connectivity index (χ3n) is 2.63. The highest BCUT2D eigenvalue weighted by Crippen LogP contribution is 2.23. The van der Waals surface area contributed by atoms with Crippen molar-refractivity contribution in [2.75, 3.05) is 0 Å². The summed E-state index contributed by atoms with van der Waals surface area (Å²) in [5, 5.41) is 0. The highest BCUT2D eigenvalue weighted by Gasteiger charge is 2.13. The molecular formula is C13H11NO. The maximum atomic E-state index is 5.34. The van der Waals surface area contributed by atoms with Gasteiger partial charge in [0.25, 0.3) is 0 Å². The van der Waals surface area contributed by atoms with E-state index in [1.54, 1.807) is 0 Å². The van der Waals surface area contributed by atoms with Crippen LogP contribution in [0.15, 0.2) is 42.5 Å². The Morgan fingerprint density at radius 3 is 2.67 bits per heavy atom. The van der Waals surface area contributed by atoms with Gasteiger partial charge in [0, 0.05) is 11.1 Å². The molecule has 2 heteroatoms. The summed E-state index contributed by atoms with van der Waals surface area (Å²) in [5.41, 5.74) is 4.48. The molecule has 0 saturated heterocycles. The number of rotatable bonds is 1. The van der Waals surface area contributed by atoms with Gasteiger partial charge in [0.1, 0.15) is 0 Å². The van der Waals surface area contributed by atoms with Gasteiger partial charge in [-0.2, -0.15) is 0 Å². The van der Waals surface area contributed by atoms with E-state index in [0.29, 0.717) is 13.2 Å². The first-order valence-electron chi connectivity index (χ1n) is 5.05. The van der Waals surface area contributed by atoms with Crippen molar-refractivity contribution >= 4 is 0 Å². The molecule has 0 aliphatic carbocycles. The Kier molecular flexibility index (Phi) is 2.00. The average Bonchev–Trinajstić information content (AvgIpc) is 2.77. The molecule has 3 rings (SSSR count). The van der Waals surface area contributed by atoms with Crippen molar-refractivity contribution in [3.63, 3.8) is 0 Å². The maximum Gasteiger partial charge on any atom is 0.0896 e. The first-order chi connectivity index (χ1) is 7.43. The zero-order valence-corrected chi connectivity index (χ0v) is 8.31. The molecule has 0 amide bonds. The van der Waals surface area contributed by atoms with Crippen molar-refractivity contribution in [3.8, 4) is 11.3 Å². The number of benzene rings is 1. The molecule has 0 fully saturated rings. The van der Waals surface area contributed by atoms with Crippen molar-refractivity contribution in [1.29, 1.82) is 0 Å². The zero-order chi connectivity index (χ0) is 10.1. The van der Waals surface area contributed by atoms with E-state index in [1.807, 2.05) is 18.2 Å². The molecule has 0 bridgehead atoms. The van der Waals surface area contributed by atoms with Crippen LogP contribution >= 0.6 is 0 Å². The lowest BCUT2D eigenvalue weighted by atomic mass is 10.1. The van der Waals surface area contributed by atoms with E-state index in [-0.39, 0.29) is 0 Å². The fourth-order valence-corrected chi connectivity index (χ4v) is 1.81. The molecule has 2 nitrogen and oxygen atoms in total. The van der Waals surface area contributed by atoms with Crippen LogP contribution < -0.4 is 0 Å². The summed E-state index contributed by atoms with van der Waals surface area (Å²) in [5.74, 6) is 0. The predicted octanol–water partition coefficient (Wildman–Crippen LogP) is 2.78. The molecule has 2 heterocycles. The Morgan fingerprint density at radius 1 is 0.933 bits per heavy atom. The number of aromatic nitrogens is 1. The standard InChI is InChI=1S/C13H11NO/c1-2-4-10(5-3-1)12-7-6-11-8-15-9-13(11)14-12/h1-7H,8-9H2. The van der Waals surface area contributed by atoms with Gasteiger partial charge in [-0.3, -0.25) is 0 Å². The fraction of sp³-hybridized carbons (Fsp3) is 0.154. The number of ether oxygens (including phenoxy) is 1. The second-order valence-electron chi connectivity index (χ2n) is 3.66. The number of fused-ring (bicyclic) bond motifs is 1. The van der Waals surface area contributed by atoms with Crippen LogP contribution in [0.25, 0.3) is 11.3 Å². The summed E-state index contributed by atoms with van der Waals surface area (Å²) in [4.78, 5) is 4.60. The van der Waals surface area contributed by atoms with Crippen LogP contribution in [0, 0.1) is 0 Å². The number of hydrogen-bond donors (Lipinski definition) is 0. The first kappa shape index (κ1) is 8.62. The Balaban J connectivity index is 2.07. The molecule has 1 aromatic carbocycles. The molecule has 0 unspecified atom stereocenters. The van der Waals surface area contributed by atoms with Crippen LogP contribution in [-0.4, -0.2) is 4.98 Å². The Hall–Kier alpha value is -1.67. The highest BCUT2D eigenvalue weighted by molar-refractivity contribution is 5.59. The maximum absolute atomic E-state index is 5.34. The molecule has 0 spiro atoms. The molecule has 0 saturated carbocycles. The van der Waals surface area contributed by atoms with Gasteiger partial charge in [-0.05, 0) is 6.07 Å². The molecule has 15 heavy (non-hydrogen) atoms. The van der Waals surface area contributed by atoms with E-state index >= 15 is 0 Å². The third kappa shape index (κ3) is 1.53. The molecule has 2 aromatic rings. The molecular weight excluding hydrogens is 186 g/mol. The van der Waals surface area contributed by atoms with E-state index in [0.717, 1.165) is 17.0 Å². The molecule has 0 radical (unpaired) electrons. The minimum Gasteiger partial charge on any atom is -0.370 e. The van der Waals surface area contributed by atoms with Crippen LogP contribution in [0.3, 0.4) is 0 Å². The van der Waals surface area contributed by atoms with Crippen molar-refractivity contribution in [2.24, 2.45) is 0 Å². The molecule has 1 aromatic heterocycles. The van der Waals surface area contributed by atoms with Crippen molar-refractivity contribution < 1.29 is 4.74 Å². The summed E-state index contributed by atoms with van der Waals surface area (Å²) >= 11 is 0. The van der Waals surface area contributed by atoms with Crippen LogP contribution in [0.4, 0.5) is 0 Å². The average molecular weight is 197 g/mol. The summed E-state index contributed by atoms with van der Waals surface area (Å²) in [6, 6.07) is 14.4. The molecule has 74 valence electrons. The Bertz CT molecular complexity index is 479. The van der Waals surface area contributed by atoms with E-state index in [1.165, 1.54) is 5.56 Å². The quantitative estimate of drug-likeness (QED) is 0.701. The third-order valence-corrected chi connectivity index (χ3v) is 2.63. The largest absolute Gasteiger partial charge is 0.370 e.